The van der Waals surface area contributed by atoms with E-state index in [0.29, 0.717) is 30.2 Å². The van der Waals surface area contributed by atoms with Gasteiger partial charge in [0, 0.05) is 19.0 Å². The zero-order valence-electron chi connectivity index (χ0n) is 16.3. The Bertz CT molecular complexity index is 1020. The normalized spacial score (nSPS) is 15.4. The third-order valence-corrected chi connectivity index (χ3v) is 5.83. The van der Waals surface area contributed by atoms with Gasteiger partial charge < -0.3 is 14.4 Å². The summed E-state index contributed by atoms with van der Waals surface area (Å²) in [7, 11) is -0.308. The van der Waals surface area contributed by atoms with E-state index in [2.05, 4.69) is 9.71 Å². The van der Waals surface area contributed by atoms with Gasteiger partial charge in [-0.05, 0) is 24.3 Å². The minimum absolute atomic E-state index is 0.105. The Morgan fingerprint density at radius 3 is 2.55 bits per heavy atom. The number of carbonyl (C=O) groups is 1. The number of nitrogens with zero attached hydrogens (tertiary/aromatic N) is 2. The number of rotatable bonds is 8. The summed E-state index contributed by atoms with van der Waals surface area (Å²) in [5, 5.41) is 0. The van der Waals surface area contributed by atoms with Crippen LogP contribution >= 0.6 is 0 Å². The molecule has 29 heavy (non-hydrogen) atoms. The SMILES string of the molecule is COc1ccccc1OCCN(C)C(=O)CCN=C1NS(=O)(=O)c2ccccc21. The third-order valence-electron chi connectivity index (χ3n) is 4.44. The maximum atomic E-state index is 12.3. The standard InChI is InChI=1S/C20H23N3O5S/c1-23(13-14-28-17-9-5-4-8-16(17)27-2)19(24)11-12-21-20-15-7-3-6-10-18(15)29(25,26)22-20/h3-10H,11-14H2,1-2H3,(H,21,22). The van der Waals surface area contributed by atoms with E-state index in [-0.39, 0.29) is 29.6 Å². The van der Waals surface area contributed by atoms with Gasteiger partial charge in [0.2, 0.25) is 5.91 Å². The first-order valence-corrected chi connectivity index (χ1v) is 10.6. The van der Waals surface area contributed by atoms with Crippen molar-refractivity contribution in [3.8, 4) is 11.5 Å². The quantitative estimate of drug-likeness (QED) is 0.705. The highest BCUT2D eigenvalue weighted by Crippen LogP contribution is 2.25. The van der Waals surface area contributed by atoms with E-state index in [1.165, 1.54) is 6.07 Å². The number of para-hydroxylation sites is 2. The van der Waals surface area contributed by atoms with Gasteiger partial charge in [-0.1, -0.05) is 24.3 Å². The lowest BCUT2D eigenvalue weighted by atomic mass is 10.2. The molecule has 1 amide bonds. The molecule has 0 fully saturated rings. The lowest BCUT2D eigenvalue weighted by Gasteiger charge is -2.17. The Labute approximate surface area is 170 Å². The summed E-state index contributed by atoms with van der Waals surface area (Å²) in [5.74, 6) is 1.42. The maximum absolute atomic E-state index is 12.3. The van der Waals surface area contributed by atoms with E-state index in [9.17, 15) is 13.2 Å². The number of carbonyl (C=O) groups excluding carboxylic acids is 1. The molecule has 154 valence electrons. The minimum Gasteiger partial charge on any atom is -0.493 e. The topological polar surface area (TPSA) is 97.3 Å². The van der Waals surface area contributed by atoms with Crippen molar-refractivity contribution in [3.63, 3.8) is 0 Å². The van der Waals surface area contributed by atoms with Crippen molar-refractivity contribution in [1.29, 1.82) is 0 Å². The molecular formula is C20H23N3O5S. The van der Waals surface area contributed by atoms with E-state index >= 15 is 0 Å². The van der Waals surface area contributed by atoms with Crippen molar-refractivity contribution in [2.45, 2.75) is 11.3 Å². The highest BCUT2D eigenvalue weighted by atomic mass is 32.2. The first-order valence-electron chi connectivity index (χ1n) is 9.09. The van der Waals surface area contributed by atoms with Crippen LogP contribution in [-0.4, -0.2) is 58.9 Å². The lowest BCUT2D eigenvalue weighted by Crippen LogP contribution is -2.31. The molecule has 2 aromatic carbocycles. The molecule has 0 bridgehead atoms. The van der Waals surface area contributed by atoms with Gasteiger partial charge in [0.15, 0.2) is 11.5 Å². The summed E-state index contributed by atoms with van der Waals surface area (Å²) in [6.07, 6.45) is 0.165. The smallest absolute Gasteiger partial charge is 0.263 e. The molecule has 0 aliphatic carbocycles. The van der Waals surface area contributed by atoms with Crippen molar-refractivity contribution in [2.75, 3.05) is 33.9 Å². The van der Waals surface area contributed by atoms with Crippen LogP contribution < -0.4 is 14.2 Å². The summed E-state index contributed by atoms with van der Waals surface area (Å²) >= 11 is 0. The molecular weight excluding hydrogens is 394 g/mol. The summed E-state index contributed by atoms with van der Waals surface area (Å²) in [5.41, 5.74) is 0.526. The first-order chi connectivity index (χ1) is 13.9. The predicted molar refractivity (Wildman–Crippen MR) is 109 cm³/mol. The van der Waals surface area contributed by atoms with E-state index in [1.807, 2.05) is 12.1 Å². The zero-order valence-corrected chi connectivity index (χ0v) is 17.1. The van der Waals surface area contributed by atoms with E-state index in [4.69, 9.17) is 9.47 Å². The van der Waals surface area contributed by atoms with Gasteiger partial charge in [0.25, 0.3) is 10.0 Å². The average Bonchev–Trinajstić information content (AvgIpc) is 2.98. The Morgan fingerprint density at radius 1 is 1.10 bits per heavy atom. The fourth-order valence-electron chi connectivity index (χ4n) is 2.86. The summed E-state index contributed by atoms with van der Waals surface area (Å²) < 4.78 is 37.4. The Morgan fingerprint density at radius 2 is 1.79 bits per heavy atom. The van der Waals surface area contributed by atoms with Crippen LogP contribution in [0.1, 0.15) is 12.0 Å². The second-order valence-electron chi connectivity index (χ2n) is 6.40. The predicted octanol–water partition coefficient (Wildman–Crippen LogP) is 1.66. The van der Waals surface area contributed by atoms with Crippen molar-refractivity contribution in [3.05, 3.63) is 54.1 Å². The Hall–Kier alpha value is -3.07. The molecule has 1 N–H and O–H groups in total. The number of ether oxygens (including phenoxy) is 2. The molecule has 0 unspecified atom stereocenters. The largest absolute Gasteiger partial charge is 0.493 e. The molecule has 3 rings (SSSR count). The van der Waals surface area contributed by atoms with Crippen molar-refractivity contribution in [2.24, 2.45) is 4.99 Å². The molecule has 1 aliphatic rings. The molecule has 9 heteroatoms. The van der Waals surface area contributed by atoms with Crippen LogP contribution in [-0.2, 0) is 14.8 Å². The molecule has 8 nitrogen and oxygen atoms in total. The van der Waals surface area contributed by atoms with Crippen LogP contribution in [0.4, 0.5) is 0 Å². The van der Waals surface area contributed by atoms with E-state index < -0.39 is 10.0 Å². The van der Waals surface area contributed by atoms with Gasteiger partial charge in [-0.15, -0.1) is 0 Å². The van der Waals surface area contributed by atoms with Crippen LogP contribution in [0.25, 0.3) is 0 Å². The van der Waals surface area contributed by atoms with Gasteiger partial charge in [0.05, 0.1) is 25.1 Å². The molecule has 2 aromatic rings. The number of fused-ring (bicyclic) bond motifs is 1. The number of methoxy groups -OCH3 is 1. The average molecular weight is 417 g/mol. The van der Waals surface area contributed by atoms with Crippen molar-refractivity contribution < 1.29 is 22.7 Å². The molecule has 1 aliphatic heterocycles. The number of amides is 1. The molecule has 0 aromatic heterocycles. The van der Waals surface area contributed by atoms with Gasteiger partial charge in [0.1, 0.15) is 12.4 Å². The van der Waals surface area contributed by atoms with Crippen LogP contribution in [0.15, 0.2) is 58.4 Å². The van der Waals surface area contributed by atoms with Crippen LogP contribution in [0.5, 0.6) is 11.5 Å². The number of nitrogens with one attached hydrogen (secondary N) is 1. The van der Waals surface area contributed by atoms with Gasteiger partial charge in [-0.25, -0.2) is 8.42 Å². The third kappa shape index (κ3) is 4.86. The van der Waals surface area contributed by atoms with Crippen molar-refractivity contribution in [1.82, 2.24) is 9.62 Å². The minimum atomic E-state index is -3.57. The molecule has 0 spiro atoms. The molecule has 0 saturated heterocycles. The second kappa shape index (κ2) is 8.95. The number of hydrogen-bond acceptors (Lipinski definition) is 6. The number of sulfonamides is 1. The van der Waals surface area contributed by atoms with Crippen LogP contribution in [0.3, 0.4) is 0 Å². The summed E-state index contributed by atoms with van der Waals surface area (Å²) in [6.45, 7) is 0.913. The number of aliphatic imine (C=N–C) groups is 1. The molecule has 0 atom stereocenters. The number of benzene rings is 2. The van der Waals surface area contributed by atoms with Gasteiger partial charge >= 0.3 is 0 Å². The Balaban J connectivity index is 1.49. The Kier molecular flexibility index (Phi) is 6.38. The molecule has 0 radical (unpaired) electrons. The molecule has 0 saturated carbocycles. The van der Waals surface area contributed by atoms with Crippen LogP contribution in [0, 0.1) is 0 Å². The molecule has 1 heterocycles. The number of likely N-dealkylation sites (N-methyl/N-ethyl adjacent to an activating group) is 1. The fourth-order valence-corrected chi connectivity index (χ4v) is 4.11. The van der Waals surface area contributed by atoms with Gasteiger partial charge in [-0.2, -0.15) is 0 Å². The zero-order chi connectivity index (χ0) is 20.9. The van der Waals surface area contributed by atoms with E-state index in [1.54, 1.807) is 49.4 Å². The maximum Gasteiger partial charge on any atom is 0.263 e. The lowest BCUT2D eigenvalue weighted by molar-refractivity contribution is -0.130. The van der Waals surface area contributed by atoms with Crippen LogP contribution in [0.2, 0.25) is 0 Å². The van der Waals surface area contributed by atoms with E-state index in [0.717, 1.165) is 0 Å². The summed E-state index contributed by atoms with van der Waals surface area (Å²) in [6, 6.07) is 13.9. The van der Waals surface area contributed by atoms with Gasteiger partial charge in [-0.3, -0.25) is 14.5 Å². The first kappa shape index (κ1) is 20.7. The highest BCUT2D eigenvalue weighted by Gasteiger charge is 2.29. The monoisotopic (exact) mass is 417 g/mol. The number of hydrogen-bond donors (Lipinski definition) is 1. The number of amidine groups is 1. The second-order valence-corrected chi connectivity index (χ2v) is 8.05. The van der Waals surface area contributed by atoms with Crippen molar-refractivity contribution >= 4 is 21.8 Å². The summed E-state index contributed by atoms with van der Waals surface area (Å²) in [4.78, 5) is 18.3. The highest BCUT2D eigenvalue weighted by molar-refractivity contribution is 7.90. The fraction of sp³-hybridized carbons (Fsp3) is 0.300.